The summed E-state index contributed by atoms with van der Waals surface area (Å²) < 4.78 is 21.0. The number of aliphatic hydroxyl groups excluding tert-OH is 1. The minimum absolute atomic E-state index is 0.0197. The first-order valence-corrected chi connectivity index (χ1v) is 6.45. The normalized spacial score (nSPS) is 14.4. The Morgan fingerprint density at radius 2 is 1.64 bits per heavy atom. The summed E-state index contributed by atoms with van der Waals surface area (Å²) in [6.07, 6.45) is -0.0475. The molecule has 6 heteroatoms. The molecular formula is C8H20O5Si. The van der Waals surface area contributed by atoms with Crippen molar-refractivity contribution in [1.29, 1.82) is 0 Å². The molecule has 0 heterocycles. The molecule has 1 atom stereocenters. The average Bonchev–Trinajstić information content (AvgIpc) is 2.23. The van der Waals surface area contributed by atoms with E-state index in [9.17, 15) is 0 Å². The molecule has 0 radical (unpaired) electrons. The molecule has 0 aliphatic carbocycles. The number of aliphatic hydroxyl groups is 1. The lowest BCUT2D eigenvalue weighted by Gasteiger charge is -2.26. The monoisotopic (exact) mass is 224 g/mol. The van der Waals surface area contributed by atoms with E-state index in [2.05, 4.69) is 0 Å². The van der Waals surface area contributed by atoms with Gasteiger partial charge in [-0.25, -0.2) is 0 Å². The molecule has 14 heavy (non-hydrogen) atoms. The third-order valence-corrected chi connectivity index (χ3v) is 4.91. The topological polar surface area (TPSA) is 57.2 Å². The van der Waals surface area contributed by atoms with Crippen molar-refractivity contribution in [2.45, 2.75) is 19.1 Å². The zero-order valence-electron chi connectivity index (χ0n) is 9.28. The summed E-state index contributed by atoms with van der Waals surface area (Å²) in [5.41, 5.74) is 0. The summed E-state index contributed by atoms with van der Waals surface area (Å²) in [5, 5.41) is 8.58. The molecule has 86 valence electrons. The quantitative estimate of drug-likeness (QED) is 0.599. The smallest absolute Gasteiger partial charge is 0.394 e. The molecule has 0 spiro atoms. The molecule has 5 nitrogen and oxygen atoms in total. The van der Waals surface area contributed by atoms with Crippen molar-refractivity contribution >= 4 is 8.80 Å². The highest BCUT2D eigenvalue weighted by Gasteiger charge is 2.39. The fourth-order valence-electron chi connectivity index (χ4n) is 1.16. The number of hydrogen-bond acceptors (Lipinski definition) is 5. The molecule has 1 N–H and O–H groups in total. The van der Waals surface area contributed by atoms with Crippen LogP contribution >= 0.6 is 0 Å². The van der Waals surface area contributed by atoms with Crippen molar-refractivity contribution in [3.05, 3.63) is 0 Å². The van der Waals surface area contributed by atoms with Gasteiger partial charge in [-0.2, -0.15) is 0 Å². The highest BCUT2D eigenvalue weighted by Crippen LogP contribution is 2.16. The van der Waals surface area contributed by atoms with Gasteiger partial charge < -0.3 is 23.1 Å². The van der Waals surface area contributed by atoms with Crippen molar-refractivity contribution in [1.82, 2.24) is 0 Å². The van der Waals surface area contributed by atoms with Crippen LogP contribution < -0.4 is 0 Å². The molecule has 0 saturated carbocycles. The summed E-state index contributed by atoms with van der Waals surface area (Å²) in [5.74, 6) is 0. The lowest BCUT2D eigenvalue weighted by atomic mass is 10.5. The van der Waals surface area contributed by atoms with Crippen LogP contribution in [0.4, 0.5) is 0 Å². The van der Waals surface area contributed by atoms with Gasteiger partial charge >= 0.3 is 8.80 Å². The SMILES string of the molecule is CO[Si](CC(C)OCCO)(OC)OC. The van der Waals surface area contributed by atoms with E-state index in [4.69, 9.17) is 23.1 Å². The van der Waals surface area contributed by atoms with Gasteiger partial charge in [-0.1, -0.05) is 0 Å². The summed E-state index contributed by atoms with van der Waals surface area (Å²) in [6, 6.07) is 0.580. The minimum atomic E-state index is -2.54. The molecule has 0 amide bonds. The summed E-state index contributed by atoms with van der Waals surface area (Å²) >= 11 is 0. The molecule has 0 aliphatic heterocycles. The Kier molecular flexibility index (Phi) is 7.34. The Morgan fingerprint density at radius 3 is 2.00 bits per heavy atom. The Hall–Kier alpha value is 0.0169. The Labute approximate surface area is 86.3 Å². The van der Waals surface area contributed by atoms with Crippen molar-refractivity contribution in [3.8, 4) is 0 Å². The van der Waals surface area contributed by atoms with Crippen LogP contribution in [0.1, 0.15) is 6.92 Å². The van der Waals surface area contributed by atoms with Crippen LogP contribution in [0.3, 0.4) is 0 Å². The second-order valence-corrected chi connectivity index (χ2v) is 5.90. The number of hydrogen-bond donors (Lipinski definition) is 1. The highest BCUT2D eigenvalue weighted by atomic mass is 28.4. The predicted octanol–water partition coefficient (Wildman–Crippen LogP) is 0.262. The van der Waals surface area contributed by atoms with Gasteiger partial charge in [-0.05, 0) is 6.92 Å². The first-order valence-electron chi connectivity index (χ1n) is 4.52. The third-order valence-electron chi connectivity index (χ3n) is 1.96. The maximum Gasteiger partial charge on any atom is 0.502 e. The van der Waals surface area contributed by atoms with Crippen molar-refractivity contribution in [2.24, 2.45) is 0 Å². The molecule has 0 aromatic carbocycles. The predicted molar refractivity (Wildman–Crippen MR) is 54.1 cm³/mol. The fraction of sp³-hybridized carbons (Fsp3) is 1.00. The third kappa shape index (κ3) is 4.49. The number of rotatable bonds is 8. The van der Waals surface area contributed by atoms with Gasteiger partial charge in [0.1, 0.15) is 0 Å². The van der Waals surface area contributed by atoms with Gasteiger partial charge in [0.25, 0.3) is 0 Å². The van der Waals surface area contributed by atoms with E-state index in [0.29, 0.717) is 12.7 Å². The summed E-state index contributed by atoms with van der Waals surface area (Å²) in [6.45, 7) is 2.24. The van der Waals surface area contributed by atoms with Crippen LogP contribution in [0.2, 0.25) is 6.04 Å². The van der Waals surface area contributed by atoms with E-state index in [1.807, 2.05) is 6.92 Å². The Morgan fingerprint density at radius 1 is 1.14 bits per heavy atom. The summed E-state index contributed by atoms with van der Waals surface area (Å²) in [7, 11) is 2.17. The molecule has 0 saturated heterocycles. The molecule has 1 unspecified atom stereocenters. The Balaban J connectivity index is 4.01. The zero-order valence-corrected chi connectivity index (χ0v) is 10.3. The van der Waals surface area contributed by atoms with Gasteiger partial charge in [0.2, 0.25) is 0 Å². The minimum Gasteiger partial charge on any atom is -0.394 e. The molecule has 0 fully saturated rings. The first kappa shape index (κ1) is 14.0. The average molecular weight is 224 g/mol. The van der Waals surface area contributed by atoms with Gasteiger partial charge in [-0.15, -0.1) is 0 Å². The molecule has 0 aromatic heterocycles. The highest BCUT2D eigenvalue weighted by molar-refractivity contribution is 6.60. The van der Waals surface area contributed by atoms with E-state index in [-0.39, 0.29) is 12.7 Å². The standard InChI is InChI=1S/C8H20O5Si/c1-8(13-6-5-9)7-14(10-2,11-3)12-4/h8-9H,5-7H2,1-4H3. The van der Waals surface area contributed by atoms with Crippen LogP contribution in [0.15, 0.2) is 0 Å². The maximum absolute atomic E-state index is 8.58. The molecule has 0 rings (SSSR count). The molecule has 0 aromatic rings. The molecule has 0 aliphatic rings. The second kappa shape index (κ2) is 7.33. The van der Waals surface area contributed by atoms with Crippen molar-refractivity contribution < 1.29 is 23.1 Å². The van der Waals surface area contributed by atoms with Gasteiger partial charge in [-0.3, -0.25) is 0 Å². The van der Waals surface area contributed by atoms with E-state index in [1.54, 1.807) is 21.3 Å². The van der Waals surface area contributed by atoms with Crippen molar-refractivity contribution in [3.63, 3.8) is 0 Å². The van der Waals surface area contributed by atoms with Crippen LogP contribution in [0, 0.1) is 0 Å². The first-order chi connectivity index (χ1) is 6.64. The second-order valence-electron chi connectivity index (χ2n) is 2.90. The Bertz CT molecular complexity index is 131. The van der Waals surface area contributed by atoms with Crippen molar-refractivity contribution in [2.75, 3.05) is 34.5 Å². The molecule has 0 bridgehead atoms. The van der Waals surface area contributed by atoms with E-state index >= 15 is 0 Å². The molecular weight excluding hydrogens is 204 g/mol. The van der Waals surface area contributed by atoms with Crippen LogP contribution in [-0.2, 0) is 18.0 Å². The van der Waals surface area contributed by atoms with Crippen LogP contribution in [0.5, 0.6) is 0 Å². The fourth-order valence-corrected chi connectivity index (χ4v) is 2.99. The van der Waals surface area contributed by atoms with Gasteiger partial charge in [0.15, 0.2) is 0 Å². The van der Waals surface area contributed by atoms with E-state index < -0.39 is 8.80 Å². The van der Waals surface area contributed by atoms with E-state index in [0.717, 1.165) is 0 Å². The lowest BCUT2D eigenvalue weighted by Crippen LogP contribution is -2.45. The van der Waals surface area contributed by atoms with E-state index in [1.165, 1.54) is 0 Å². The lowest BCUT2D eigenvalue weighted by molar-refractivity contribution is 0.0319. The number of ether oxygens (including phenoxy) is 1. The zero-order chi connectivity index (χ0) is 11.0. The van der Waals surface area contributed by atoms with Gasteiger partial charge in [0.05, 0.1) is 19.3 Å². The summed E-state index contributed by atoms with van der Waals surface area (Å²) in [4.78, 5) is 0. The van der Waals surface area contributed by atoms with Crippen LogP contribution in [0.25, 0.3) is 0 Å². The van der Waals surface area contributed by atoms with Gasteiger partial charge in [0, 0.05) is 27.4 Å². The largest absolute Gasteiger partial charge is 0.502 e. The maximum atomic E-state index is 8.58. The van der Waals surface area contributed by atoms with Crippen LogP contribution in [-0.4, -0.2) is 54.6 Å².